The molecular formula is C20H20FN3O. The third kappa shape index (κ3) is 3.76. The Morgan fingerprint density at radius 2 is 1.92 bits per heavy atom. The van der Waals surface area contributed by atoms with Crippen LogP contribution in [0.15, 0.2) is 60.8 Å². The van der Waals surface area contributed by atoms with Crippen LogP contribution in [0, 0.1) is 11.7 Å². The fourth-order valence-electron chi connectivity index (χ4n) is 2.58. The molecule has 0 saturated heterocycles. The van der Waals surface area contributed by atoms with Gasteiger partial charge in [-0.05, 0) is 24.1 Å². The average molecular weight is 337 g/mol. The summed E-state index contributed by atoms with van der Waals surface area (Å²) in [4.78, 5) is 12.6. The van der Waals surface area contributed by atoms with E-state index in [2.05, 4.69) is 10.4 Å². The SMILES string of the molecule is CC(C)CNC(=O)c1cnn(-c2cccc(F)c2)c1-c1ccccc1. The van der Waals surface area contributed by atoms with Crippen LogP contribution in [0.5, 0.6) is 0 Å². The second-order valence-corrected chi connectivity index (χ2v) is 6.27. The molecule has 128 valence electrons. The van der Waals surface area contributed by atoms with Crippen molar-refractivity contribution < 1.29 is 9.18 Å². The van der Waals surface area contributed by atoms with Crippen molar-refractivity contribution in [1.29, 1.82) is 0 Å². The molecule has 0 aliphatic heterocycles. The molecule has 0 atom stereocenters. The van der Waals surface area contributed by atoms with Crippen molar-refractivity contribution in [3.05, 3.63) is 72.2 Å². The zero-order chi connectivity index (χ0) is 17.8. The molecule has 1 amide bonds. The molecule has 25 heavy (non-hydrogen) atoms. The van der Waals surface area contributed by atoms with Gasteiger partial charge in [0.25, 0.3) is 5.91 Å². The van der Waals surface area contributed by atoms with Crippen LogP contribution in [0.25, 0.3) is 16.9 Å². The van der Waals surface area contributed by atoms with Gasteiger partial charge in [-0.15, -0.1) is 0 Å². The third-order valence-electron chi connectivity index (χ3n) is 3.78. The molecule has 0 aliphatic rings. The van der Waals surface area contributed by atoms with Gasteiger partial charge in [0.2, 0.25) is 0 Å². The normalized spacial score (nSPS) is 10.9. The van der Waals surface area contributed by atoms with E-state index in [1.807, 2.05) is 44.2 Å². The maximum absolute atomic E-state index is 13.6. The first-order valence-electron chi connectivity index (χ1n) is 8.24. The molecule has 0 bridgehead atoms. The van der Waals surface area contributed by atoms with Gasteiger partial charge in [0.05, 0.1) is 23.1 Å². The minimum atomic E-state index is -0.349. The van der Waals surface area contributed by atoms with Crippen LogP contribution in [0.1, 0.15) is 24.2 Å². The summed E-state index contributed by atoms with van der Waals surface area (Å²) in [5, 5.41) is 7.26. The highest BCUT2D eigenvalue weighted by Gasteiger charge is 2.20. The Balaban J connectivity index is 2.09. The molecule has 0 radical (unpaired) electrons. The number of nitrogens with zero attached hydrogens (tertiary/aromatic N) is 2. The highest BCUT2D eigenvalue weighted by atomic mass is 19.1. The Kier molecular flexibility index (Phi) is 4.93. The summed E-state index contributed by atoms with van der Waals surface area (Å²) in [7, 11) is 0. The average Bonchev–Trinajstić information content (AvgIpc) is 3.05. The van der Waals surface area contributed by atoms with Crippen LogP contribution in [-0.2, 0) is 0 Å². The van der Waals surface area contributed by atoms with E-state index in [0.29, 0.717) is 29.4 Å². The number of amides is 1. The lowest BCUT2D eigenvalue weighted by Crippen LogP contribution is -2.27. The maximum Gasteiger partial charge on any atom is 0.255 e. The molecule has 3 aromatic rings. The van der Waals surface area contributed by atoms with Crippen molar-refractivity contribution in [1.82, 2.24) is 15.1 Å². The van der Waals surface area contributed by atoms with Crippen LogP contribution >= 0.6 is 0 Å². The molecule has 0 aliphatic carbocycles. The molecule has 4 nitrogen and oxygen atoms in total. The second kappa shape index (κ2) is 7.30. The molecule has 1 heterocycles. The van der Waals surface area contributed by atoms with Gasteiger partial charge in [-0.25, -0.2) is 9.07 Å². The van der Waals surface area contributed by atoms with Gasteiger partial charge in [0, 0.05) is 12.1 Å². The predicted octanol–water partition coefficient (Wildman–Crippen LogP) is 4.06. The van der Waals surface area contributed by atoms with Gasteiger partial charge in [0.15, 0.2) is 0 Å². The van der Waals surface area contributed by atoms with Gasteiger partial charge >= 0.3 is 0 Å². The van der Waals surface area contributed by atoms with Crippen LogP contribution in [0.2, 0.25) is 0 Å². The highest BCUT2D eigenvalue weighted by Crippen LogP contribution is 2.27. The van der Waals surface area contributed by atoms with Crippen LogP contribution < -0.4 is 5.32 Å². The molecule has 0 spiro atoms. The van der Waals surface area contributed by atoms with E-state index in [-0.39, 0.29) is 11.7 Å². The minimum Gasteiger partial charge on any atom is -0.352 e. The van der Waals surface area contributed by atoms with Crippen molar-refractivity contribution in [3.8, 4) is 16.9 Å². The van der Waals surface area contributed by atoms with Gasteiger partial charge < -0.3 is 5.32 Å². The quantitative estimate of drug-likeness (QED) is 0.763. The van der Waals surface area contributed by atoms with E-state index < -0.39 is 0 Å². The molecule has 3 rings (SSSR count). The lowest BCUT2D eigenvalue weighted by atomic mass is 10.1. The fraction of sp³-hybridized carbons (Fsp3) is 0.200. The summed E-state index contributed by atoms with van der Waals surface area (Å²) in [5.74, 6) is -0.185. The first-order valence-corrected chi connectivity index (χ1v) is 8.24. The molecule has 0 fully saturated rings. The zero-order valence-corrected chi connectivity index (χ0v) is 14.2. The lowest BCUT2D eigenvalue weighted by molar-refractivity contribution is 0.0949. The molecule has 5 heteroatoms. The van der Waals surface area contributed by atoms with Crippen molar-refractivity contribution >= 4 is 5.91 Å². The molecule has 1 N–H and O–H groups in total. The smallest absolute Gasteiger partial charge is 0.255 e. The number of carbonyl (C=O) groups excluding carboxylic acids is 1. The molecule has 0 unspecified atom stereocenters. The Bertz CT molecular complexity index is 872. The summed E-state index contributed by atoms with van der Waals surface area (Å²) in [6, 6.07) is 15.7. The number of aromatic nitrogens is 2. The Morgan fingerprint density at radius 1 is 1.16 bits per heavy atom. The van der Waals surface area contributed by atoms with Crippen molar-refractivity contribution in [2.45, 2.75) is 13.8 Å². The fourth-order valence-corrected chi connectivity index (χ4v) is 2.58. The largest absolute Gasteiger partial charge is 0.352 e. The second-order valence-electron chi connectivity index (χ2n) is 6.27. The molecule has 1 aromatic heterocycles. The zero-order valence-electron chi connectivity index (χ0n) is 14.2. The van der Waals surface area contributed by atoms with Gasteiger partial charge in [-0.1, -0.05) is 50.2 Å². The number of hydrogen-bond acceptors (Lipinski definition) is 2. The Morgan fingerprint density at radius 3 is 2.60 bits per heavy atom. The van der Waals surface area contributed by atoms with Gasteiger partial charge in [-0.2, -0.15) is 5.10 Å². The highest BCUT2D eigenvalue weighted by molar-refractivity contribution is 6.00. The number of nitrogens with one attached hydrogen (secondary N) is 1. The lowest BCUT2D eigenvalue weighted by Gasteiger charge is -2.11. The summed E-state index contributed by atoms with van der Waals surface area (Å²) < 4.78 is 15.2. The first-order chi connectivity index (χ1) is 12.1. The molecular weight excluding hydrogens is 317 g/mol. The van der Waals surface area contributed by atoms with E-state index in [9.17, 15) is 9.18 Å². The van der Waals surface area contributed by atoms with E-state index in [1.165, 1.54) is 18.3 Å². The van der Waals surface area contributed by atoms with Gasteiger partial charge in [0.1, 0.15) is 5.82 Å². The first kappa shape index (κ1) is 16.9. The molecule has 0 saturated carbocycles. The van der Waals surface area contributed by atoms with Crippen LogP contribution in [0.3, 0.4) is 0 Å². The summed E-state index contributed by atoms with van der Waals surface area (Å²) >= 11 is 0. The number of halogens is 1. The summed E-state index contributed by atoms with van der Waals surface area (Å²) in [6.45, 7) is 4.65. The van der Waals surface area contributed by atoms with E-state index in [1.54, 1.807) is 16.8 Å². The Hall–Kier alpha value is -2.95. The van der Waals surface area contributed by atoms with E-state index in [4.69, 9.17) is 0 Å². The van der Waals surface area contributed by atoms with E-state index in [0.717, 1.165) is 5.56 Å². The van der Waals surface area contributed by atoms with E-state index >= 15 is 0 Å². The number of rotatable bonds is 5. The van der Waals surface area contributed by atoms with Gasteiger partial charge in [-0.3, -0.25) is 4.79 Å². The van der Waals surface area contributed by atoms with Crippen molar-refractivity contribution in [2.75, 3.05) is 6.54 Å². The summed E-state index contributed by atoms with van der Waals surface area (Å²) in [5.41, 5.74) is 2.53. The number of benzene rings is 2. The minimum absolute atomic E-state index is 0.185. The molecule has 2 aromatic carbocycles. The maximum atomic E-state index is 13.6. The standard InChI is InChI=1S/C20H20FN3O/c1-14(2)12-22-20(25)18-13-23-24(17-10-6-9-16(21)11-17)19(18)15-7-4-3-5-8-15/h3-11,13-14H,12H2,1-2H3,(H,22,25). The van der Waals surface area contributed by atoms with Crippen LogP contribution in [0.4, 0.5) is 4.39 Å². The Labute approximate surface area is 146 Å². The monoisotopic (exact) mass is 337 g/mol. The number of carbonyl (C=O) groups is 1. The predicted molar refractivity (Wildman–Crippen MR) is 96.1 cm³/mol. The van der Waals surface area contributed by atoms with Crippen molar-refractivity contribution in [3.63, 3.8) is 0 Å². The number of hydrogen-bond donors (Lipinski definition) is 1. The third-order valence-corrected chi connectivity index (χ3v) is 3.78. The van der Waals surface area contributed by atoms with Crippen LogP contribution in [-0.4, -0.2) is 22.2 Å². The van der Waals surface area contributed by atoms with Crippen molar-refractivity contribution in [2.24, 2.45) is 5.92 Å². The topological polar surface area (TPSA) is 46.9 Å². The summed E-state index contributed by atoms with van der Waals surface area (Å²) in [6.07, 6.45) is 1.53.